The molecule has 0 heterocycles. The molecular formula is C23H39NO3S. The minimum atomic E-state index is -0.110. The molecule has 0 fully saturated rings. The summed E-state index contributed by atoms with van der Waals surface area (Å²) in [5.74, 6) is 2.88. The molecule has 0 saturated carbocycles. The molecule has 0 aromatic carbocycles. The van der Waals surface area contributed by atoms with E-state index >= 15 is 0 Å². The molecule has 5 heteroatoms. The highest BCUT2D eigenvalue weighted by atomic mass is 32.2. The predicted octanol–water partition coefficient (Wildman–Crippen LogP) is 4.93. The number of rotatable bonds is 16. The van der Waals surface area contributed by atoms with Gasteiger partial charge in [0.25, 0.3) is 0 Å². The predicted molar refractivity (Wildman–Crippen MR) is 122 cm³/mol. The minimum Gasteiger partial charge on any atom is -0.381 e. The molecule has 28 heavy (non-hydrogen) atoms. The summed E-state index contributed by atoms with van der Waals surface area (Å²) in [5.41, 5.74) is 1.03. The number of unbranched alkanes of at least 4 members (excludes halogenated alkanes) is 1. The highest BCUT2D eigenvalue weighted by Crippen LogP contribution is 2.28. The van der Waals surface area contributed by atoms with Gasteiger partial charge in [0.05, 0.1) is 31.3 Å². The molecule has 0 aliphatic carbocycles. The van der Waals surface area contributed by atoms with Crippen LogP contribution in [0.1, 0.15) is 47.0 Å². The van der Waals surface area contributed by atoms with Crippen molar-refractivity contribution in [3.05, 3.63) is 34.8 Å². The molecule has 0 radical (unpaired) electrons. The number of ether oxygens (including phenoxy) is 3. The van der Waals surface area contributed by atoms with E-state index in [1.165, 1.54) is 19.3 Å². The van der Waals surface area contributed by atoms with Crippen molar-refractivity contribution in [3.63, 3.8) is 0 Å². The Morgan fingerprint density at radius 2 is 2.04 bits per heavy atom. The zero-order chi connectivity index (χ0) is 21.2. The summed E-state index contributed by atoms with van der Waals surface area (Å²) in [7, 11) is 3.36. The molecule has 0 spiro atoms. The Balaban J connectivity index is 4.74. The summed E-state index contributed by atoms with van der Waals surface area (Å²) >= 11 is 1.64. The van der Waals surface area contributed by atoms with Crippen molar-refractivity contribution in [2.45, 2.75) is 64.4 Å². The number of terminal acetylenes is 1. The lowest BCUT2D eigenvalue weighted by atomic mass is 10.1. The molecule has 0 aromatic rings. The quantitative estimate of drug-likeness (QED) is 0.169. The lowest BCUT2D eigenvalue weighted by molar-refractivity contribution is 0.131. The maximum Gasteiger partial charge on any atom is 0.0972 e. The van der Waals surface area contributed by atoms with Crippen molar-refractivity contribution in [2.24, 2.45) is 0 Å². The molecule has 0 saturated heterocycles. The first kappa shape index (κ1) is 27.0. The van der Waals surface area contributed by atoms with Gasteiger partial charge >= 0.3 is 0 Å². The van der Waals surface area contributed by atoms with E-state index in [9.17, 15) is 0 Å². The van der Waals surface area contributed by atoms with Crippen molar-refractivity contribution in [1.82, 2.24) is 5.32 Å². The lowest BCUT2D eigenvalue weighted by Crippen LogP contribution is -2.28. The van der Waals surface area contributed by atoms with Crippen LogP contribution in [0.2, 0.25) is 0 Å². The normalized spacial score (nSPS) is 16.2. The first-order valence-corrected chi connectivity index (χ1v) is 10.9. The zero-order valence-corrected chi connectivity index (χ0v) is 19.3. The second-order valence-electron chi connectivity index (χ2n) is 6.62. The fourth-order valence-electron chi connectivity index (χ4n) is 2.27. The fourth-order valence-corrected chi connectivity index (χ4v) is 3.24. The third-order valence-electron chi connectivity index (χ3n) is 4.23. The molecular weight excluding hydrogens is 370 g/mol. The Bertz CT molecular complexity index is 522. The van der Waals surface area contributed by atoms with Gasteiger partial charge in [-0.3, -0.25) is 5.32 Å². The van der Waals surface area contributed by atoms with Crippen LogP contribution in [0, 0.1) is 12.3 Å². The SMILES string of the molecule is C#CC(S/C(=C\C)COCNC(C)CCCC)C(/C=C\C(C)OC)=C/COC. The van der Waals surface area contributed by atoms with Crippen LogP contribution in [-0.2, 0) is 14.2 Å². The van der Waals surface area contributed by atoms with Crippen molar-refractivity contribution in [2.75, 3.05) is 34.2 Å². The Morgan fingerprint density at radius 1 is 1.29 bits per heavy atom. The maximum atomic E-state index is 5.83. The smallest absolute Gasteiger partial charge is 0.0972 e. The van der Waals surface area contributed by atoms with Crippen LogP contribution in [-0.4, -0.2) is 51.6 Å². The molecule has 0 bridgehead atoms. The molecule has 3 atom stereocenters. The van der Waals surface area contributed by atoms with Crippen molar-refractivity contribution >= 4 is 11.8 Å². The van der Waals surface area contributed by atoms with Crippen LogP contribution in [0.4, 0.5) is 0 Å². The summed E-state index contributed by atoms with van der Waals surface area (Å²) in [5, 5.41) is 3.29. The molecule has 0 rings (SSSR count). The van der Waals surface area contributed by atoms with E-state index in [0.717, 1.165) is 10.5 Å². The monoisotopic (exact) mass is 409 g/mol. The van der Waals surface area contributed by atoms with Crippen molar-refractivity contribution in [3.8, 4) is 12.3 Å². The van der Waals surface area contributed by atoms with E-state index < -0.39 is 0 Å². The van der Waals surface area contributed by atoms with Gasteiger partial charge in [0, 0.05) is 25.2 Å². The first-order chi connectivity index (χ1) is 13.5. The number of allylic oxidation sites excluding steroid dienone is 2. The summed E-state index contributed by atoms with van der Waals surface area (Å²) in [6.07, 6.45) is 17.6. The number of hydrogen-bond acceptors (Lipinski definition) is 5. The average molecular weight is 410 g/mol. The van der Waals surface area contributed by atoms with Crippen LogP contribution >= 0.6 is 11.8 Å². The highest BCUT2D eigenvalue weighted by Gasteiger charge is 2.13. The van der Waals surface area contributed by atoms with Crippen molar-refractivity contribution in [1.29, 1.82) is 0 Å². The molecule has 0 aromatic heterocycles. The van der Waals surface area contributed by atoms with Crippen LogP contribution in [0.15, 0.2) is 34.8 Å². The van der Waals surface area contributed by atoms with E-state index in [-0.39, 0.29) is 11.4 Å². The van der Waals surface area contributed by atoms with E-state index in [1.54, 1.807) is 26.0 Å². The van der Waals surface area contributed by atoms with Crippen LogP contribution < -0.4 is 5.32 Å². The summed E-state index contributed by atoms with van der Waals surface area (Å²) in [4.78, 5) is 1.11. The Kier molecular flexibility index (Phi) is 17.4. The lowest BCUT2D eigenvalue weighted by Gasteiger charge is -2.17. The van der Waals surface area contributed by atoms with Gasteiger partial charge in [-0.15, -0.1) is 18.2 Å². The second-order valence-corrected chi connectivity index (χ2v) is 7.85. The molecule has 0 amide bonds. The van der Waals surface area contributed by atoms with Crippen LogP contribution in [0.25, 0.3) is 0 Å². The highest BCUT2D eigenvalue weighted by molar-refractivity contribution is 8.04. The third kappa shape index (κ3) is 13.2. The van der Waals surface area contributed by atoms with Crippen LogP contribution in [0.5, 0.6) is 0 Å². The maximum absolute atomic E-state index is 5.83. The van der Waals surface area contributed by atoms with Gasteiger partial charge in [-0.25, -0.2) is 0 Å². The Hall–Kier alpha value is -1.03. The van der Waals surface area contributed by atoms with Gasteiger partial charge in [-0.05, 0) is 32.8 Å². The third-order valence-corrected chi connectivity index (χ3v) is 5.53. The van der Waals surface area contributed by atoms with Gasteiger partial charge in [-0.1, -0.05) is 50.0 Å². The van der Waals surface area contributed by atoms with Gasteiger partial charge < -0.3 is 14.2 Å². The zero-order valence-electron chi connectivity index (χ0n) is 18.5. The first-order valence-electron chi connectivity index (χ1n) is 10.0. The fraction of sp³-hybridized carbons (Fsp3) is 0.652. The summed E-state index contributed by atoms with van der Waals surface area (Å²) < 4.78 is 16.3. The van der Waals surface area contributed by atoms with Crippen molar-refractivity contribution < 1.29 is 14.2 Å². The van der Waals surface area contributed by atoms with Gasteiger partial charge in [0.15, 0.2) is 0 Å². The average Bonchev–Trinajstić information content (AvgIpc) is 2.72. The Labute approximate surface area is 177 Å². The number of thioether (sulfide) groups is 1. The largest absolute Gasteiger partial charge is 0.381 e. The van der Waals surface area contributed by atoms with E-state index in [1.807, 2.05) is 32.1 Å². The summed E-state index contributed by atoms with van der Waals surface area (Å²) in [6.45, 7) is 10.0. The topological polar surface area (TPSA) is 39.7 Å². The van der Waals surface area contributed by atoms with E-state index in [2.05, 4.69) is 31.2 Å². The van der Waals surface area contributed by atoms with Crippen LogP contribution in [0.3, 0.4) is 0 Å². The molecule has 4 nitrogen and oxygen atoms in total. The van der Waals surface area contributed by atoms with E-state index in [0.29, 0.717) is 26.0 Å². The standard InChI is InChI=1S/C23H39NO3S/c1-8-11-12-19(4)24-18-27-17-22(9-2)28-23(10-3)21(15-16-25-6)14-13-20(5)26-7/h3,9,13-15,19-20,23-24H,8,11-12,16-18H2,1-2,4-7H3/b14-13-,21-15+,22-9-. The number of hydrogen-bond donors (Lipinski definition) is 1. The summed E-state index contributed by atoms with van der Waals surface area (Å²) in [6, 6.07) is 0.469. The minimum absolute atomic E-state index is 0.0275. The number of nitrogens with one attached hydrogen (secondary N) is 1. The molecule has 0 aliphatic rings. The molecule has 0 aliphatic heterocycles. The van der Waals surface area contributed by atoms with Gasteiger partial charge in [0.2, 0.25) is 0 Å². The molecule has 1 N–H and O–H groups in total. The van der Waals surface area contributed by atoms with E-state index in [4.69, 9.17) is 20.6 Å². The number of methoxy groups -OCH3 is 2. The molecule has 160 valence electrons. The van der Waals surface area contributed by atoms with Gasteiger partial charge in [-0.2, -0.15) is 0 Å². The van der Waals surface area contributed by atoms with Gasteiger partial charge in [0.1, 0.15) is 0 Å². The second kappa shape index (κ2) is 18.0. The molecule has 3 unspecified atom stereocenters. The Morgan fingerprint density at radius 3 is 2.61 bits per heavy atom.